The minimum Gasteiger partial charge on any atom is -0.494 e. The maximum atomic E-state index is 12.6. The molecule has 1 aliphatic heterocycles. The molecular weight excluding hydrogens is 404 g/mol. The number of ether oxygens (including phenoxy) is 1. The van der Waals surface area contributed by atoms with E-state index >= 15 is 0 Å². The van der Waals surface area contributed by atoms with E-state index in [1.165, 1.54) is 11.8 Å². The highest BCUT2D eigenvalue weighted by Gasteiger charge is 2.32. The number of thioether (sulfide) groups is 1. The summed E-state index contributed by atoms with van der Waals surface area (Å²) in [5.41, 5.74) is 0.777. The number of halogens is 1. The number of likely N-dealkylation sites (N-methyl/N-ethyl adjacent to an activating group) is 1. The van der Waals surface area contributed by atoms with Crippen LogP contribution in [0.15, 0.2) is 55.4 Å². The first-order valence-electron chi connectivity index (χ1n) is 7.89. The van der Waals surface area contributed by atoms with E-state index in [0.29, 0.717) is 33.7 Å². The lowest BCUT2D eigenvalue weighted by Gasteiger charge is -2.12. The second-order valence-electron chi connectivity index (χ2n) is 5.12. The van der Waals surface area contributed by atoms with Gasteiger partial charge in [0.1, 0.15) is 11.5 Å². The molecule has 0 radical (unpaired) electrons. The zero-order valence-corrected chi connectivity index (χ0v) is 16.3. The molecule has 0 bridgehead atoms. The van der Waals surface area contributed by atoms with Gasteiger partial charge in [0, 0.05) is 12.6 Å². The third-order valence-corrected chi connectivity index (χ3v) is 4.88. The van der Waals surface area contributed by atoms with Crippen molar-refractivity contribution in [3.05, 3.63) is 51.7 Å². The maximum absolute atomic E-state index is 12.6. The molecule has 1 aromatic heterocycles. The predicted octanol–water partition coefficient (Wildman–Crippen LogP) is 5.06. The first-order valence-corrected chi connectivity index (χ1v) is 9.50. The van der Waals surface area contributed by atoms with Gasteiger partial charge in [0.05, 0.1) is 17.2 Å². The number of hydrogen-bond donors (Lipinski definition) is 0. The quantitative estimate of drug-likeness (QED) is 0.633. The summed E-state index contributed by atoms with van der Waals surface area (Å²) in [6.45, 7) is 5.05. The highest BCUT2D eigenvalue weighted by atomic mass is 79.9. The Morgan fingerprint density at radius 2 is 2.00 bits per heavy atom. The highest BCUT2D eigenvalue weighted by Crippen LogP contribution is 2.34. The fraction of sp³-hybridized carbons (Fsp3) is 0.222. The molecule has 7 heteroatoms. The molecule has 2 aromatic rings. The first kappa shape index (κ1) is 17.8. The third-order valence-electron chi connectivity index (χ3n) is 3.44. The Morgan fingerprint density at radius 1 is 1.24 bits per heavy atom. The molecule has 1 fully saturated rings. The normalized spacial score (nSPS) is 17.7. The highest BCUT2D eigenvalue weighted by molar-refractivity contribution is 9.10. The van der Waals surface area contributed by atoms with Gasteiger partial charge in [-0.1, -0.05) is 0 Å². The summed E-state index contributed by atoms with van der Waals surface area (Å²) in [6, 6.07) is 11.1. The van der Waals surface area contributed by atoms with E-state index < -0.39 is 0 Å². The molecule has 130 valence electrons. The van der Waals surface area contributed by atoms with E-state index in [9.17, 15) is 4.79 Å². The number of furan rings is 1. The van der Waals surface area contributed by atoms with Crippen molar-refractivity contribution in [1.29, 1.82) is 0 Å². The van der Waals surface area contributed by atoms with Crippen molar-refractivity contribution in [3.63, 3.8) is 0 Å². The van der Waals surface area contributed by atoms with Crippen LogP contribution >= 0.6 is 27.7 Å². The predicted molar refractivity (Wildman–Crippen MR) is 104 cm³/mol. The van der Waals surface area contributed by atoms with E-state index in [2.05, 4.69) is 20.9 Å². The minimum atomic E-state index is -0.0651. The Labute approximate surface area is 158 Å². The van der Waals surface area contributed by atoms with Crippen LogP contribution in [0.5, 0.6) is 5.75 Å². The molecule has 25 heavy (non-hydrogen) atoms. The van der Waals surface area contributed by atoms with Crippen molar-refractivity contribution in [2.75, 3.05) is 13.2 Å². The van der Waals surface area contributed by atoms with E-state index in [1.807, 2.05) is 44.2 Å². The third kappa shape index (κ3) is 4.16. The molecule has 3 rings (SSSR count). The summed E-state index contributed by atoms with van der Waals surface area (Å²) in [5, 5.41) is 0.661. The van der Waals surface area contributed by atoms with Crippen LogP contribution in [0.1, 0.15) is 19.6 Å². The van der Waals surface area contributed by atoms with Gasteiger partial charge in [0.15, 0.2) is 9.84 Å². The molecule has 5 nitrogen and oxygen atoms in total. The molecule has 1 amide bonds. The fourth-order valence-electron chi connectivity index (χ4n) is 2.30. The van der Waals surface area contributed by atoms with E-state index in [4.69, 9.17) is 9.15 Å². The largest absolute Gasteiger partial charge is 0.494 e. The number of nitrogens with zero attached hydrogens (tertiary/aromatic N) is 2. The summed E-state index contributed by atoms with van der Waals surface area (Å²) in [6.07, 6.45) is 1.74. The lowest BCUT2D eigenvalue weighted by Crippen LogP contribution is -2.28. The average Bonchev–Trinajstić information content (AvgIpc) is 3.13. The van der Waals surface area contributed by atoms with E-state index in [-0.39, 0.29) is 5.91 Å². The standard InChI is InChI=1S/C18H17BrN2O3S/c1-3-21-17(22)15(11-14-9-10-16(19)24-14)25-18(21)20-12-5-7-13(8-6-12)23-4-2/h5-11H,3-4H2,1-2H3. The summed E-state index contributed by atoms with van der Waals surface area (Å²) in [7, 11) is 0. The van der Waals surface area contributed by atoms with Crippen LogP contribution in [0.3, 0.4) is 0 Å². The van der Waals surface area contributed by atoms with Gasteiger partial charge in [-0.15, -0.1) is 0 Å². The second-order valence-corrected chi connectivity index (χ2v) is 6.91. The number of hydrogen-bond acceptors (Lipinski definition) is 5. The number of amidine groups is 1. The Morgan fingerprint density at radius 3 is 2.60 bits per heavy atom. The van der Waals surface area contributed by atoms with Crippen molar-refractivity contribution >= 4 is 50.5 Å². The van der Waals surface area contributed by atoms with Crippen molar-refractivity contribution < 1.29 is 13.9 Å². The fourth-order valence-corrected chi connectivity index (χ4v) is 3.66. The van der Waals surface area contributed by atoms with E-state index in [0.717, 1.165) is 11.4 Å². The molecule has 0 unspecified atom stereocenters. The molecule has 1 aromatic carbocycles. The number of carbonyl (C=O) groups is 1. The van der Waals surface area contributed by atoms with Gasteiger partial charge in [-0.2, -0.15) is 0 Å². The Balaban J connectivity index is 1.85. The average molecular weight is 421 g/mol. The van der Waals surface area contributed by atoms with Crippen LogP contribution in [0.4, 0.5) is 5.69 Å². The van der Waals surface area contributed by atoms with Crippen molar-refractivity contribution in [2.24, 2.45) is 4.99 Å². The van der Waals surface area contributed by atoms with Crippen LogP contribution in [0.25, 0.3) is 6.08 Å². The maximum Gasteiger partial charge on any atom is 0.266 e. The molecule has 1 saturated heterocycles. The number of carbonyl (C=O) groups excluding carboxylic acids is 1. The summed E-state index contributed by atoms with van der Waals surface area (Å²) < 4.78 is 11.5. The lowest BCUT2D eigenvalue weighted by molar-refractivity contribution is -0.122. The van der Waals surface area contributed by atoms with Gasteiger partial charge in [-0.25, -0.2) is 4.99 Å². The Hall–Kier alpha value is -1.99. The Bertz CT molecular complexity index is 827. The minimum absolute atomic E-state index is 0.0651. The van der Waals surface area contributed by atoms with Crippen LogP contribution < -0.4 is 4.74 Å². The van der Waals surface area contributed by atoms with Crippen molar-refractivity contribution in [1.82, 2.24) is 4.90 Å². The molecule has 0 saturated carbocycles. The summed E-state index contributed by atoms with van der Waals surface area (Å²) in [5.74, 6) is 1.36. The van der Waals surface area contributed by atoms with Crippen LogP contribution in [0.2, 0.25) is 0 Å². The molecule has 2 heterocycles. The Kier molecular flexibility index (Phi) is 5.65. The number of amides is 1. The zero-order valence-electron chi connectivity index (χ0n) is 13.9. The molecule has 0 atom stereocenters. The van der Waals surface area contributed by atoms with Crippen LogP contribution in [-0.4, -0.2) is 29.1 Å². The van der Waals surface area contributed by atoms with Gasteiger partial charge in [-0.05, 0) is 77.9 Å². The first-order chi connectivity index (χ1) is 12.1. The number of rotatable bonds is 5. The van der Waals surface area contributed by atoms with Crippen LogP contribution in [0, 0.1) is 0 Å². The number of aliphatic imine (C=N–C) groups is 1. The van der Waals surface area contributed by atoms with Gasteiger partial charge in [0.25, 0.3) is 5.91 Å². The van der Waals surface area contributed by atoms with E-state index in [1.54, 1.807) is 17.0 Å². The SMILES string of the molecule is CCOc1ccc(N=C2SC(=Cc3ccc(Br)o3)C(=O)N2CC)cc1. The van der Waals surface area contributed by atoms with Gasteiger partial charge in [0.2, 0.25) is 0 Å². The molecule has 1 aliphatic rings. The molecular formula is C18H17BrN2O3S. The second kappa shape index (κ2) is 7.93. The smallest absolute Gasteiger partial charge is 0.266 e. The van der Waals surface area contributed by atoms with Crippen LogP contribution in [-0.2, 0) is 4.79 Å². The van der Waals surface area contributed by atoms with Gasteiger partial charge < -0.3 is 9.15 Å². The summed E-state index contributed by atoms with van der Waals surface area (Å²) in [4.78, 5) is 19.4. The molecule has 0 spiro atoms. The lowest BCUT2D eigenvalue weighted by atomic mass is 10.3. The number of benzene rings is 1. The van der Waals surface area contributed by atoms with Gasteiger partial charge in [-0.3, -0.25) is 9.69 Å². The molecule has 0 aliphatic carbocycles. The summed E-state index contributed by atoms with van der Waals surface area (Å²) >= 11 is 4.61. The van der Waals surface area contributed by atoms with Crippen molar-refractivity contribution in [3.8, 4) is 5.75 Å². The van der Waals surface area contributed by atoms with Gasteiger partial charge >= 0.3 is 0 Å². The topological polar surface area (TPSA) is 55.0 Å². The zero-order chi connectivity index (χ0) is 17.8. The van der Waals surface area contributed by atoms with Crippen molar-refractivity contribution in [2.45, 2.75) is 13.8 Å². The monoisotopic (exact) mass is 420 g/mol. The molecule has 0 N–H and O–H groups in total.